The van der Waals surface area contributed by atoms with Crippen LogP contribution >= 0.6 is 15.6 Å². The molecule has 0 amide bonds. The van der Waals surface area contributed by atoms with Crippen LogP contribution in [0.5, 0.6) is 0 Å². The first-order chi connectivity index (χ1) is 51.1. The highest BCUT2D eigenvalue weighted by Gasteiger charge is 2.30. The van der Waals surface area contributed by atoms with Crippen LogP contribution in [-0.2, 0) is 65.4 Å². The van der Waals surface area contributed by atoms with Gasteiger partial charge in [-0.15, -0.1) is 0 Å². The molecule has 0 spiro atoms. The second-order valence-corrected chi connectivity index (χ2v) is 34.1. The van der Waals surface area contributed by atoms with Crippen molar-refractivity contribution in [2.24, 2.45) is 5.92 Å². The van der Waals surface area contributed by atoms with Gasteiger partial charge in [-0.25, -0.2) is 9.13 Å². The molecule has 0 saturated heterocycles. The number of carbonyl (C=O) groups is 4. The van der Waals surface area contributed by atoms with E-state index < -0.39 is 97.5 Å². The summed E-state index contributed by atoms with van der Waals surface area (Å²) in [6.07, 6.45) is 72.4. The Balaban J connectivity index is 5.19. The van der Waals surface area contributed by atoms with Gasteiger partial charge in [-0.3, -0.25) is 37.3 Å². The number of phosphoric ester groups is 2. The maximum Gasteiger partial charge on any atom is 0.472 e. The number of hydrogen-bond acceptors (Lipinski definition) is 15. The minimum Gasteiger partial charge on any atom is -0.462 e. The first-order valence-electron chi connectivity index (χ1n) is 44.7. The Bertz CT molecular complexity index is 2000. The van der Waals surface area contributed by atoms with Crippen molar-refractivity contribution in [3.05, 3.63) is 0 Å². The lowest BCUT2D eigenvalue weighted by Gasteiger charge is -2.21. The normalized spacial score (nSPS) is 14.0. The van der Waals surface area contributed by atoms with Crippen molar-refractivity contribution in [3.63, 3.8) is 0 Å². The highest BCUT2D eigenvalue weighted by atomic mass is 31.2. The predicted octanol–water partition coefficient (Wildman–Crippen LogP) is 26.4. The van der Waals surface area contributed by atoms with Crippen LogP contribution in [-0.4, -0.2) is 96.7 Å². The zero-order valence-electron chi connectivity index (χ0n) is 68.9. The van der Waals surface area contributed by atoms with Crippen LogP contribution in [0.2, 0.25) is 0 Å². The summed E-state index contributed by atoms with van der Waals surface area (Å²) in [5.74, 6) is -1.30. The molecular formula is C86H168O17P2. The molecule has 624 valence electrons. The van der Waals surface area contributed by atoms with E-state index in [4.69, 9.17) is 37.0 Å². The topological polar surface area (TPSA) is 237 Å². The maximum absolute atomic E-state index is 13.1. The molecule has 0 fully saturated rings. The number of aliphatic hydroxyl groups is 1. The van der Waals surface area contributed by atoms with Crippen LogP contribution in [0.4, 0.5) is 0 Å². The van der Waals surface area contributed by atoms with Crippen molar-refractivity contribution in [3.8, 4) is 0 Å². The van der Waals surface area contributed by atoms with Gasteiger partial charge in [0, 0.05) is 25.7 Å². The fourth-order valence-corrected chi connectivity index (χ4v) is 15.0. The molecular weight excluding hydrogens is 1370 g/mol. The van der Waals surface area contributed by atoms with Gasteiger partial charge in [0.25, 0.3) is 0 Å². The lowest BCUT2D eigenvalue weighted by atomic mass is 9.99. The summed E-state index contributed by atoms with van der Waals surface area (Å²) < 4.78 is 68.8. The lowest BCUT2D eigenvalue weighted by molar-refractivity contribution is -0.161. The number of rotatable bonds is 86. The van der Waals surface area contributed by atoms with Gasteiger partial charge in [0.2, 0.25) is 0 Å². The summed E-state index contributed by atoms with van der Waals surface area (Å²) in [4.78, 5) is 73.1. The number of ether oxygens (including phenoxy) is 4. The largest absolute Gasteiger partial charge is 0.472 e. The SMILES string of the molecule is CCCCCCCCCCCCCCCCCCCCCCCC(=O)OC[C@H](COP(=O)(O)OC[C@@H](O)COP(=O)(O)OC[C@@H](COC(=O)CCCCCCCCCCC)OC(=O)CCCCCCCCCCCCC(C)CC)OC(=O)CCCCCCCCCCCCCCCCCCCCCCC. The van der Waals surface area contributed by atoms with Crippen LogP contribution in [0.15, 0.2) is 0 Å². The molecule has 3 N–H and O–H groups in total. The second kappa shape index (κ2) is 78.7. The number of unbranched alkanes of at least 4 members (excludes halogenated alkanes) is 57. The molecule has 105 heavy (non-hydrogen) atoms. The molecule has 0 rings (SSSR count). The first-order valence-corrected chi connectivity index (χ1v) is 47.7. The van der Waals surface area contributed by atoms with Crippen molar-refractivity contribution in [2.45, 2.75) is 483 Å². The van der Waals surface area contributed by atoms with E-state index in [1.807, 2.05) is 0 Å². The van der Waals surface area contributed by atoms with Crippen LogP contribution in [0.3, 0.4) is 0 Å². The molecule has 0 saturated carbocycles. The minimum atomic E-state index is -4.96. The third-order valence-corrected chi connectivity index (χ3v) is 22.5. The van der Waals surface area contributed by atoms with Crippen molar-refractivity contribution in [1.82, 2.24) is 0 Å². The lowest BCUT2D eigenvalue weighted by Crippen LogP contribution is -2.30. The summed E-state index contributed by atoms with van der Waals surface area (Å²) in [6, 6.07) is 0. The molecule has 6 atom stereocenters. The third-order valence-electron chi connectivity index (χ3n) is 20.6. The van der Waals surface area contributed by atoms with E-state index in [-0.39, 0.29) is 25.7 Å². The van der Waals surface area contributed by atoms with Crippen LogP contribution in [0, 0.1) is 5.92 Å². The molecule has 0 aliphatic carbocycles. The van der Waals surface area contributed by atoms with E-state index >= 15 is 0 Å². The van der Waals surface area contributed by atoms with E-state index in [9.17, 15) is 43.2 Å². The Morgan fingerprint density at radius 2 is 0.457 bits per heavy atom. The molecule has 0 aromatic carbocycles. The second-order valence-electron chi connectivity index (χ2n) is 31.2. The Morgan fingerprint density at radius 3 is 0.676 bits per heavy atom. The quantitative estimate of drug-likeness (QED) is 0.0222. The molecule has 0 bridgehead atoms. The molecule has 3 unspecified atom stereocenters. The number of aliphatic hydroxyl groups excluding tert-OH is 1. The standard InChI is InChI=1S/C86H168O17P2/c1-6-10-13-16-19-22-24-26-28-30-32-34-36-38-40-42-44-50-55-60-65-70-84(89)97-76-82(102-85(90)71-66-61-56-51-45-43-41-39-37-35-33-31-29-27-25-23-20-17-14-11-7-2)78-101-105(94,95)99-74-80(87)73-98-104(92,93)100-77-81(75-96-83(88)69-64-59-54-48-21-18-15-12-8-3)103-86(91)72-67-62-57-52-47-46-49-53-58-63-68-79(5)9-4/h79-82,87H,6-78H2,1-5H3,(H,92,93)(H,94,95)/t79?,80-,81+,82+/m0/s1. The molecule has 0 aromatic heterocycles. The minimum absolute atomic E-state index is 0.107. The van der Waals surface area contributed by atoms with E-state index in [0.717, 1.165) is 95.8 Å². The van der Waals surface area contributed by atoms with Gasteiger partial charge in [0.15, 0.2) is 12.2 Å². The first kappa shape index (κ1) is 103. The fourth-order valence-electron chi connectivity index (χ4n) is 13.4. The highest BCUT2D eigenvalue weighted by Crippen LogP contribution is 2.45. The van der Waals surface area contributed by atoms with Gasteiger partial charge in [0.1, 0.15) is 19.3 Å². The Morgan fingerprint density at radius 1 is 0.267 bits per heavy atom. The molecule has 0 radical (unpaired) electrons. The Kier molecular flexibility index (Phi) is 77.3. The Hall–Kier alpha value is -1.94. The van der Waals surface area contributed by atoms with Crippen molar-refractivity contribution >= 4 is 39.5 Å². The summed E-state index contributed by atoms with van der Waals surface area (Å²) in [5.41, 5.74) is 0. The summed E-state index contributed by atoms with van der Waals surface area (Å²) in [7, 11) is -9.92. The van der Waals surface area contributed by atoms with Gasteiger partial charge in [0.05, 0.1) is 26.4 Å². The van der Waals surface area contributed by atoms with Gasteiger partial charge in [-0.05, 0) is 31.6 Å². The third kappa shape index (κ3) is 78.5. The van der Waals surface area contributed by atoms with E-state index in [0.29, 0.717) is 25.7 Å². The average Bonchev–Trinajstić information content (AvgIpc) is 0.947. The van der Waals surface area contributed by atoms with E-state index in [2.05, 4.69) is 34.6 Å². The van der Waals surface area contributed by atoms with Crippen LogP contribution in [0.25, 0.3) is 0 Å². The zero-order valence-corrected chi connectivity index (χ0v) is 70.7. The van der Waals surface area contributed by atoms with Gasteiger partial charge >= 0.3 is 39.5 Å². The van der Waals surface area contributed by atoms with Crippen molar-refractivity contribution in [1.29, 1.82) is 0 Å². The van der Waals surface area contributed by atoms with Gasteiger partial charge in [-0.2, -0.15) is 0 Å². The molecule has 0 aromatic rings. The smallest absolute Gasteiger partial charge is 0.462 e. The predicted molar refractivity (Wildman–Crippen MR) is 432 cm³/mol. The monoisotopic (exact) mass is 1540 g/mol. The average molecular weight is 1540 g/mol. The summed E-state index contributed by atoms with van der Waals surface area (Å²) >= 11 is 0. The molecule has 17 nitrogen and oxygen atoms in total. The molecule has 0 aliphatic rings. The number of phosphoric acid groups is 2. The number of carbonyl (C=O) groups excluding carboxylic acids is 4. The van der Waals surface area contributed by atoms with E-state index in [1.54, 1.807) is 0 Å². The molecule has 0 heterocycles. The fraction of sp³-hybridized carbons (Fsp3) is 0.953. The summed E-state index contributed by atoms with van der Waals surface area (Å²) in [5, 5.41) is 10.7. The Labute approximate surface area is 645 Å². The number of esters is 4. The van der Waals surface area contributed by atoms with Crippen LogP contribution in [0.1, 0.15) is 465 Å². The van der Waals surface area contributed by atoms with Gasteiger partial charge < -0.3 is 33.8 Å². The van der Waals surface area contributed by atoms with Gasteiger partial charge in [-0.1, -0.05) is 413 Å². The van der Waals surface area contributed by atoms with Crippen LogP contribution < -0.4 is 0 Å². The highest BCUT2D eigenvalue weighted by molar-refractivity contribution is 7.47. The van der Waals surface area contributed by atoms with Crippen molar-refractivity contribution in [2.75, 3.05) is 39.6 Å². The van der Waals surface area contributed by atoms with Crippen molar-refractivity contribution < 1.29 is 80.2 Å². The molecule has 19 heteroatoms. The van der Waals surface area contributed by atoms with E-state index in [1.165, 1.54) is 289 Å². The molecule has 0 aliphatic heterocycles. The number of hydrogen-bond donors (Lipinski definition) is 3. The zero-order chi connectivity index (χ0) is 76.9. The summed E-state index contributed by atoms with van der Waals surface area (Å²) in [6.45, 7) is 7.36. The maximum atomic E-state index is 13.1.